The number of carbonyl (C=O) groups is 1. The molecule has 0 N–H and O–H groups in total. The van der Waals surface area contributed by atoms with Gasteiger partial charge in [-0.3, -0.25) is 4.79 Å². The second-order valence-electron chi connectivity index (χ2n) is 2.65. The molecule has 0 unspecified atom stereocenters. The van der Waals surface area contributed by atoms with E-state index in [9.17, 15) is 4.79 Å². The number of carbonyl (C=O) groups excluding carboxylic acids is 1. The summed E-state index contributed by atoms with van der Waals surface area (Å²) in [4.78, 5) is 16.6. The van der Waals surface area contributed by atoms with E-state index >= 15 is 0 Å². The maximum atomic E-state index is 11.9. The second-order valence-corrected chi connectivity index (χ2v) is 4.35. The number of pyridine rings is 1. The van der Waals surface area contributed by atoms with Gasteiger partial charge in [-0.15, -0.1) is 11.3 Å². The lowest BCUT2D eigenvalue weighted by molar-refractivity contribution is 0.104. The molecular formula is C10H6BrNOS. The van der Waals surface area contributed by atoms with Crippen LogP contribution in [0.4, 0.5) is 0 Å². The third-order valence-corrected chi connectivity index (χ3v) is 3.25. The fourth-order valence-corrected chi connectivity index (χ4v) is 2.20. The van der Waals surface area contributed by atoms with Gasteiger partial charge in [0.1, 0.15) is 4.60 Å². The Morgan fingerprint density at radius 1 is 1.36 bits per heavy atom. The van der Waals surface area contributed by atoms with Gasteiger partial charge in [0.25, 0.3) is 0 Å². The standard InChI is InChI=1S/C10H6BrNOS/c11-10-7(3-1-5-12-10)9(13)8-4-2-6-14-8/h1-6H. The van der Waals surface area contributed by atoms with Crippen molar-refractivity contribution in [1.82, 2.24) is 4.98 Å². The normalized spacial score (nSPS) is 10.1. The van der Waals surface area contributed by atoms with E-state index < -0.39 is 0 Å². The molecule has 2 heterocycles. The Hall–Kier alpha value is -1.00. The summed E-state index contributed by atoms with van der Waals surface area (Å²) in [5.41, 5.74) is 0.606. The van der Waals surface area contributed by atoms with Crippen molar-refractivity contribution < 1.29 is 4.79 Å². The van der Waals surface area contributed by atoms with Crippen LogP contribution in [0.25, 0.3) is 0 Å². The molecule has 2 aromatic heterocycles. The molecule has 0 aliphatic rings. The lowest BCUT2D eigenvalue weighted by atomic mass is 10.2. The molecule has 0 saturated carbocycles. The van der Waals surface area contributed by atoms with Crippen LogP contribution in [-0.4, -0.2) is 10.8 Å². The molecule has 0 saturated heterocycles. The fraction of sp³-hybridized carbons (Fsp3) is 0. The Balaban J connectivity index is 2.42. The highest BCUT2D eigenvalue weighted by Gasteiger charge is 2.13. The summed E-state index contributed by atoms with van der Waals surface area (Å²) in [6, 6.07) is 7.19. The minimum absolute atomic E-state index is 0.0139. The average molecular weight is 268 g/mol. The highest BCUT2D eigenvalue weighted by atomic mass is 79.9. The zero-order chi connectivity index (χ0) is 9.97. The Morgan fingerprint density at radius 3 is 2.86 bits per heavy atom. The highest BCUT2D eigenvalue weighted by molar-refractivity contribution is 9.10. The first-order chi connectivity index (χ1) is 6.79. The van der Waals surface area contributed by atoms with Crippen LogP contribution in [0.5, 0.6) is 0 Å². The monoisotopic (exact) mass is 267 g/mol. The lowest BCUT2D eigenvalue weighted by Crippen LogP contribution is -2.00. The van der Waals surface area contributed by atoms with Crippen molar-refractivity contribution >= 4 is 33.0 Å². The molecule has 0 aliphatic heterocycles. The van der Waals surface area contributed by atoms with Crippen LogP contribution in [0, 0.1) is 0 Å². The third kappa shape index (κ3) is 1.76. The molecule has 2 rings (SSSR count). The summed E-state index contributed by atoms with van der Waals surface area (Å²) in [7, 11) is 0. The van der Waals surface area contributed by atoms with E-state index in [1.807, 2.05) is 17.5 Å². The van der Waals surface area contributed by atoms with E-state index in [1.54, 1.807) is 18.3 Å². The number of ketones is 1. The van der Waals surface area contributed by atoms with E-state index in [1.165, 1.54) is 11.3 Å². The predicted molar refractivity (Wildman–Crippen MR) is 59.7 cm³/mol. The van der Waals surface area contributed by atoms with Crippen LogP contribution in [0.15, 0.2) is 40.4 Å². The van der Waals surface area contributed by atoms with Crippen LogP contribution in [0.3, 0.4) is 0 Å². The van der Waals surface area contributed by atoms with Crippen molar-refractivity contribution in [2.75, 3.05) is 0 Å². The molecule has 0 aliphatic carbocycles. The molecule has 0 bridgehead atoms. The molecule has 0 atom stereocenters. The summed E-state index contributed by atoms with van der Waals surface area (Å²) in [6.45, 7) is 0. The topological polar surface area (TPSA) is 30.0 Å². The molecule has 4 heteroatoms. The van der Waals surface area contributed by atoms with Crippen molar-refractivity contribution in [3.63, 3.8) is 0 Å². The van der Waals surface area contributed by atoms with Gasteiger partial charge < -0.3 is 0 Å². The molecule has 70 valence electrons. The number of rotatable bonds is 2. The zero-order valence-corrected chi connectivity index (χ0v) is 9.51. The summed E-state index contributed by atoms with van der Waals surface area (Å²) < 4.78 is 0.596. The van der Waals surface area contributed by atoms with Crippen molar-refractivity contribution in [2.45, 2.75) is 0 Å². The highest BCUT2D eigenvalue weighted by Crippen LogP contribution is 2.19. The van der Waals surface area contributed by atoms with Gasteiger partial charge in [0.15, 0.2) is 0 Å². The van der Waals surface area contributed by atoms with E-state index in [0.717, 1.165) is 4.88 Å². The maximum Gasteiger partial charge on any atom is 0.205 e. The van der Waals surface area contributed by atoms with Gasteiger partial charge in [0.05, 0.1) is 10.4 Å². The van der Waals surface area contributed by atoms with Crippen LogP contribution >= 0.6 is 27.3 Å². The van der Waals surface area contributed by atoms with Crippen molar-refractivity contribution in [3.8, 4) is 0 Å². The summed E-state index contributed by atoms with van der Waals surface area (Å²) in [5, 5.41) is 1.89. The van der Waals surface area contributed by atoms with Crippen LogP contribution in [0.1, 0.15) is 15.2 Å². The molecule has 0 spiro atoms. The van der Waals surface area contributed by atoms with Crippen LogP contribution in [0.2, 0.25) is 0 Å². The second kappa shape index (κ2) is 4.02. The van der Waals surface area contributed by atoms with E-state index in [0.29, 0.717) is 10.2 Å². The molecule has 2 aromatic rings. The van der Waals surface area contributed by atoms with Crippen LogP contribution < -0.4 is 0 Å². The summed E-state index contributed by atoms with van der Waals surface area (Å²) >= 11 is 4.69. The van der Waals surface area contributed by atoms with Gasteiger partial charge in [-0.1, -0.05) is 6.07 Å². The quantitative estimate of drug-likeness (QED) is 0.618. The maximum absolute atomic E-state index is 11.9. The van der Waals surface area contributed by atoms with Gasteiger partial charge in [0, 0.05) is 6.20 Å². The van der Waals surface area contributed by atoms with E-state index in [-0.39, 0.29) is 5.78 Å². The predicted octanol–water partition coefficient (Wildman–Crippen LogP) is 3.14. The summed E-state index contributed by atoms with van der Waals surface area (Å²) in [5.74, 6) is 0.0139. The van der Waals surface area contributed by atoms with Crippen molar-refractivity contribution in [1.29, 1.82) is 0 Å². The molecular weight excluding hydrogens is 262 g/mol. The van der Waals surface area contributed by atoms with Gasteiger partial charge in [-0.2, -0.15) is 0 Å². The van der Waals surface area contributed by atoms with Gasteiger partial charge >= 0.3 is 0 Å². The minimum atomic E-state index is 0.0139. The lowest BCUT2D eigenvalue weighted by Gasteiger charge is -1.99. The first-order valence-electron chi connectivity index (χ1n) is 3.98. The summed E-state index contributed by atoms with van der Waals surface area (Å²) in [6.07, 6.45) is 1.65. The average Bonchev–Trinajstić information content (AvgIpc) is 2.70. The Kier molecular flexibility index (Phi) is 2.74. The largest absolute Gasteiger partial charge is 0.288 e. The van der Waals surface area contributed by atoms with E-state index in [2.05, 4.69) is 20.9 Å². The Labute approximate surface area is 93.7 Å². The van der Waals surface area contributed by atoms with Crippen molar-refractivity contribution in [3.05, 3.63) is 50.9 Å². The molecule has 14 heavy (non-hydrogen) atoms. The van der Waals surface area contributed by atoms with Gasteiger partial charge in [-0.05, 0) is 39.5 Å². The molecule has 0 amide bonds. The SMILES string of the molecule is O=C(c1cccs1)c1cccnc1Br. The van der Waals surface area contributed by atoms with Crippen LogP contribution in [-0.2, 0) is 0 Å². The number of nitrogens with zero attached hydrogens (tertiary/aromatic N) is 1. The smallest absolute Gasteiger partial charge is 0.205 e. The molecule has 0 fully saturated rings. The third-order valence-electron chi connectivity index (χ3n) is 1.75. The van der Waals surface area contributed by atoms with E-state index in [4.69, 9.17) is 0 Å². The number of thiophene rings is 1. The fourth-order valence-electron chi connectivity index (χ4n) is 1.10. The van der Waals surface area contributed by atoms with Crippen molar-refractivity contribution in [2.24, 2.45) is 0 Å². The minimum Gasteiger partial charge on any atom is -0.288 e. The molecule has 0 aromatic carbocycles. The molecule has 2 nitrogen and oxygen atoms in total. The molecule has 0 radical (unpaired) electrons. The first kappa shape index (κ1) is 9.55. The number of aromatic nitrogens is 1. The number of halogens is 1. The van der Waals surface area contributed by atoms with Gasteiger partial charge in [0.2, 0.25) is 5.78 Å². The first-order valence-corrected chi connectivity index (χ1v) is 5.65. The number of hydrogen-bond acceptors (Lipinski definition) is 3. The van der Waals surface area contributed by atoms with Gasteiger partial charge in [-0.25, -0.2) is 4.98 Å². The number of hydrogen-bond donors (Lipinski definition) is 0. The Bertz CT molecular complexity index is 453. The zero-order valence-electron chi connectivity index (χ0n) is 7.11. The Morgan fingerprint density at radius 2 is 2.21 bits per heavy atom.